The molecule has 0 aliphatic heterocycles. The summed E-state index contributed by atoms with van der Waals surface area (Å²) in [6, 6.07) is 14.9. The summed E-state index contributed by atoms with van der Waals surface area (Å²) in [6.07, 6.45) is 8.03. The molecular weight excluding hydrogens is 242 g/mol. The molecule has 3 rings (SSSR count). The molecule has 1 N–H and O–H groups in total. The topological polar surface area (TPSA) is 15.8 Å². The molecule has 0 saturated carbocycles. The molecule has 0 fully saturated rings. The van der Waals surface area contributed by atoms with Gasteiger partial charge in [-0.05, 0) is 36.3 Å². The minimum Gasteiger partial charge on any atom is -0.355 e. The summed E-state index contributed by atoms with van der Waals surface area (Å²) in [4.78, 5) is 3.45. The lowest BCUT2D eigenvalue weighted by molar-refractivity contribution is 1.54. The SMILES string of the molecule is C=C/C=C(\C=C/C)c1ccc2[nH]c3ccccc3c2c1. The lowest BCUT2D eigenvalue weighted by atomic mass is 10.0. The maximum absolute atomic E-state index is 3.79. The van der Waals surface area contributed by atoms with Crippen LogP contribution in [0.5, 0.6) is 0 Å². The largest absolute Gasteiger partial charge is 0.355 e. The van der Waals surface area contributed by atoms with E-state index >= 15 is 0 Å². The maximum atomic E-state index is 3.79. The highest BCUT2D eigenvalue weighted by Crippen LogP contribution is 2.28. The molecule has 1 heterocycles. The normalized spacial score (nSPS) is 12.6. The quantitative estimate of drug-likeness (QED) is 0.600. The molecule has 0 atom stereocenters. The van der Waals surface area contributed by atoms with Gasteiger partial charge in [0.05, 0.1) is 0 Å². The summed E-state index contributed by atoms with van der Waals surface area (Å²) in [5.74, 6) is 0. The third-order valence-corrected chi connectivity index (χ3v) is 3.48. The van der Waals surface area contributed by atoms with Crippen molar-refractivity contribution in [2.24, 2.45) is 0 Å². The number of aromatic nitrogens is 1. The van der Waals surface area contributed by atoms with Crippen molar-refractivity contribution in [3.05, 3.63) is 78.9 Å². The number of hydrogen-bond donors (Lipinski definition) is 1. The molecule has 0 saturated heterocycles. The van der Waals surface area contributed by atoms with Crippen LogP contribution in [0.4, 0.5) is 0 Å². The van der Waals surface area contributed by atoms with Gasteiger partial charge < -0.3 is 4.98 Å². The molecule has 1 heteroatoms. The fourth-order valence-electron chi connectivity index (χ4n) is 2.58. The highest BCUT2D eigenvalue weighted by molar-refractivity contribution is 6.08. The molecule has 0 spiro atoms. The van der Waals surface area contributed by atoms with Gasteiger partial charge >= 0.3 is 0 Å². The van der Waals surface area contributed by atoms with Gasteiger partial charge in [-0.2, -0.15) is 0 Å². The van der Waals surface area contributed by atoms with Crippen molar-refractivity contribution in [2.75, 3.05) is 0 Å². The van der Waals surface area contributed by atoms with Crippen LogP contribution in [-0.4, -0.2) is 4.98 Å². The number of aromatic amines is 1. The molecule has 2 aromatic carbocycles. The first-order valence-corrected chi connectivity index (χ1v) is 6.79. The summed E-state index contributed by atoms with van der Waals surface area (Å²) in [5.41, 5.74) is 4.74. The van der Waals surface area contributed by atoms with Gasteiger partial charge in [0.2, 0.25) is 0 Å². The third-order valence-electron chi connectivity index (χ3n) is 3.48. The fraction of sp³-hybridized carbons (Fsp3) is 0.0526. The van der Waals surface area contributed by atoms with Crippen molar-refractivity contribution in [1.29, 1.82) is 0 Å². The Hall–Kier alpha value is -2.54. The number of benzene rings is 2. The molecule has 1 aromatic heterocycles. The van der Waals surface area contributed by atoms with Crippen molar-refractivity contribution in [3.63, 3.8) is 0 Å². The van der Waals surface area contributed by atoms with Crippen molar-refractivity contribution >= 4 is 27.4 Å². The number of hydrogen-bond acceptors (Lipinski definition) is 0. The van der Waals surface area contributed by atoms with Crippen LogP contribution in [-0.2, 0) is 0 Å². The van der Waals surface area contributed by atoms with Crippen molar-refractivity contribution in [3.8, 4) is 0 Å². The van der Waals surface area contributed by atoms with E-state index in [1.54, 1.807) is 0 Å². The third kappa shape index (κ3) is 2.08. The first-order chi connectivity index (χ1) is 9.83. The van der Waals surface area contributed by atoms with Gasteiger partial charge in [0, 0.05) is 21.8 Å². The summed E-state index contributed by atoms with van der Waals surface area (Å²) in [5, 5.41) is 2.53. The van der Waals surface area contributed by atoms with Gasteiger partial charge in [-0.15, -0.1) is 0 Å². The molecule has 0 amide bonds. The first-order valence-electron chi connectivity index (χ1n) is 6.79. The smallest absolute Gasteiger partial charge is 0.0465 e. The predicted octanol–water partition coefficient (Wildman–Crippen LogP) is 5.47. The average Bonchev–Trinajstić information content (AvgIpc) is 2.85. The minimum absolute atomic E-state index is 1.17. The van der Waals surface area contributed by atoms with Gasteiger partial charge in [0.25, 0.3) is 0 Å². The Morgan fingerprint density at radius 3 is 2.65 bits per heavy atom. The highest BCUT2D eigenvalue weighted by atomic mass is 14.7. The zero-order valence-corrected chi connectivity index (χ0v) is 11.6. The second-order valence-electron chi connectivity index (χ2n) is 4.79. The van der Waals surface area contributed by atoms with E-state index in [-0.39, 0.29) is 0 Å². The summed E-state index contributed by atoms with van der Waals surface area (Å²) >= 11 is 0. The molecule has 0 aliphatic rings. The van der Waals surface area contributed by atoms with Crippen LogP contribution in [0.3, 0.4) is 0 Å². The summed E-state index contributed by atoms with van der Waals surface area (Å²) in [6.45, 7) is 5.82. The van der Waals surface area contributed by atoms with Crippen molar-refractivity contribution in [2.45, 2.75) is 6.92 Å². The molecule has 20 heavy (non-hydrogen) atoms. The van der Waals surface area contributed by atoms with Crippen molar-refractivity contribution in [1.82, 2.24) is 4.98 Å². The molecule has 98 valence electrons. The lowest BCUT2D eigenvalue weighted by Gasteiger charge is -2.02. The van der Waals surface area contributed by atoms with Crippen LogP contribution < -0.4 is 0 Å². The first kappa shape index (κ1) is 12.5. The highest BCUT2D eigenvalue weighted by Gasteiger charge is 2.05. The Morgan fingerprint density at radius 1 is 1.05 bits per heavy atom. The number of nitrogens with one attached hydrogen (secondary N) is 1. The van der Waals surface area contributed by atoms with Crippen LogP contribution >= 0.6 is 0 Å². The minimum atomic E-state index is 1.17. The number of para-hydroxylation sites is 1. The second-order valence-corrected chi connectivity index (χ2v) is 4.79. The molecule has 0 bridgehead atoms. The van der Waals surface area contributed by atoms with Gasteiger partial charge in [-0.25, -0.2) is 0 Å². The Morgan fingerprint density at radius 2 is 1.85 bits per heavy atom. The number of allylic oxidation sites excluding steroid dienone is 5. The Kier molecular flexibility index (Phi) is 3.26. The van der Waals surface area contributed by atoms with Crippen LogP contribution in [0.2, 0.25) is 0 Å². The zero-order chi connectivity index (χ0) is 13.9. The number of rotatable bonds is 3. The molecule has 3 aromatic rings. The maximum Gasteiger partial charge on any atom is 0.0465 e. The molecule has 0 aliphatic carbocycles. The van der Waals surface area contributed by atoms with Crippen LogP contribution in [0.25, 0.3) is 27.4 Å². The van der Waals surface area contributed by atoms with E-state index in [0.717, 1.165) is 0 Å². The average molecular weight is 259 g/mol. The zero-order valence-electron chi connectivity index (χ0n) is 11.6. The molecular formula is C19H17N. The summed E-state index contributed by atoms with van der Waals surface area (Å²) < 4.78 is 0. The van der Waals surface area contributed by atoms with E-state index in [2.05, 4.69) is 66.2 Å². The van der Waals surface area contributed by atoms with Crippen LogP contribution in [0, 0.1) is 0 Å². The standard InChI is InChI=1S/C19H17N/c1-3-7-14(8-4-2)15-11-12-19-17(13-15)16-9-5-6-10-18(16)20-19/h3-13,20H,1H2,2H3/b8-4-,14-7+. The van der Waals surface area contributed by atoms with E-state index in [1.165, 1.54) is 32.9 Å². The van der Waals surface area contributed by atoms with E-state index in [1.807, 2.05) is 19.1 Å². The van der Waals surface area contributed by atoms with Crippen LogP contribution in [0.15, 0.2) is 73.3 Å². The number of fused-ring (bicyclic) bond motifs is 3. The Labute approximate surface area is 118 Å². The molecule has 1 nitrogen and oxygen atoms in total. The van der Waals surface area contributed by atoms with Gasteiger partial charge in [0.1, 0.15) is 0 Å². The van der Waals surface area contributed by atoms with E-state index < -0.39 is 0 Å². The fourth-order valence-corrected chi connectivity index (χ4v) is 2.58. The van der Waals surface area contributed by atoms with E-state index in [9.17, 15) is 0 Å². The predicted molar refractivity (Wildman–Crippen MR) is 88.8 cm³/mol. The van der Waals surface area contributed by atoms with E-state index in [0.29, 0.717) is 0 Å². The molecule has 0 radical (unpaired) electrons. The monoisotopic (exact) mass is 259 g/mol. The van der Waals surface area contributed by atoms with Gasteiger partial charge in [-0.1, -0.05) is 55.1 Å². The lowest BCUT2D eigenvalue weighted by Crippen LogP contribution is -1.80. The molecule has 0 unspecified atom stereocenters. The Balaban J connectivity index is 2.26. The summed E-state index contributed by atoms with van der Waals surface area (Å²) in [7, 11) is 0. The van der Waals surface area contributed by atoms with Gasteiger partial charge in [0.15, 0.2) is 0 Å². The number of H-pyrrole nitrogens is 1. The van der Waals surface area contributed by atoms with Crippen molar-refractivity contribution < 1.29 is 0 Å². The Bertz CT molecular complexity index is 831. The van der Waals surface area contributed by atoms with Crippen LogP contribution in [0.1, 0.15) is 12.5 Å². The van der Waals surface area contributed by atoms with Gasteiger partial charge in [-0.3, -0.25) is 0 Å². The second kappa shape index (κ2) is 5.22. The van der Waals surface area contributed by atoms with E-state index in [4.69, 9.17) is 0 Å².